The number of phosphoric acid groups is 2. The molecule has 0 spiro atoms. The number of hydrogen-bond acceptors (Lipinski definition) is 15. The van der Waals surface area contributed by atoms with Crippen molar-refractivity contribution in [3.05, 3.63) is 134 Å². The van der Waals surface area contributed by atoms with Gasteiger partial charge in [0.2, 0.25) is 0 Å². The Labute approximate surface area is 631 Å². The summed E-state index contributed by atoms with van der Waals surface area (Å²) in [6.45, 7) is 4.54. The van der Waals surface area contributed by atoms with Gasteiger partial charge in [-0.1, -0.05) is 322 Å². The highest BCUT2D eigenvalue weighted by Crippen LogP contribution is 2.45. The number of rotatable bonds is 75. The lowest BCUT2D eigenvalue weighted by Crippen LogP contribution is -2.30. The summed E-state index contributed by atoms with van der Waals surface area (Å²) in [7, 11) is -9.98. The average molecular weight is 1500 g/mol. The fourth-order valence-electron chi connectivity index (χ4n) is 10.6. The Hall–Kier alpha value is -4.80. The molecular weight excluding hydrogens is 1350 g/mol. The minimum absolute atomic E-state index is 0.0355. The van der Waals surface area contributed by atoms with Crippen LogP contribution in [0.4, 0.5) is 0 Å². The number of esters is 4. The maximum atomic E-state index is 13.1. The van der Waals surface area contributed by atoms with Gasteiger partial charge in [-0.05, 0) is 109 Å². The van der Waals surface area contributed by atoms with Gasteiger partial charge in [0.25, 0.3) is 0 Å². The van der Waals surface area contributed by atoms with Gasteiger partial charge in [0.05, 0.1) is 26.4 Å². The third-order valence-corrected chi connectivity index (χ3v) is 18.6. The van der Waals surface area contributed by atoms with Crippen LogP contribution in [0.1, 0.15) is 323 Å². The minimum atomic E-state index is -5.00. The Bertz CT molecular complexity index is 2490. The minimum Gasteiger partial charge on any atom is -0.462 e. The molecule has 0 amide bonds. The predicted molar refractivity (Wildman–Crippen MR) is 427 cm³/mol. The van der Waals surface area contributed by atoms with E-state index in [-0.39, 0.29) is 25.7 Å². The van der Waals surface area contributed by atoms with Crippen molar-refractivity contribution in [1.29, 1.82) is 0 Å². The molecule has 104 heavy (non-hydrogen) atoms. The van der Waals surface area contributed by atoms with Crippen molar-refractivity contribution in [2.45, 2.75) is 341 Å². The number of unbranched alkanes of at least 4 members (excludes halogenated alkanes) is 27. The monoisotopic (exact) mass is 1500 g/mol. The molecule has 0 aliphatic rings. The Morgan fingerprint density at radius 2 is 0.519 bits per heavy atom. The first-order chi connectivity index (χ1) is 50.7. The number of allylic oxidation sites excluding steroid dienone is 22. The summed E-state index contributed by atoms with van der Waals surface area (Å²) >= 11 is 0. The van der Waals surface area contributed by atoms with Crippen molar-refractivity contribution < 1.29 is 80.2 Å². The van der Waals surface area contributed by atoms with Crippen LogP contribution in [-0.2, 0) is 65.4 Å². The molecule has 0 aromatic rings. The molecule has 19 heteroatoms. The Balaban J connectivity index is 5.40. The lowest BCUT2D eigenvalue weighted by molar-refractivity contribution is -0.161. The summed E-state index contributed by atoms with van der Waals surface area (Å²) in [5.74, 6) is -2.30. The Kier molecular flexibility index (Phi) is 72.9. The molecule has 0 aromatic carbocycles. The van der Waals surface area contributed by atoms with Gasteiger partial charge in [0.15, 0.2) is 12.2 Å². The van der Waals surface area contributed by atoms with Crippen molar-refractivity contribution in [2.24, 2.45) is 0 Å². The summed E-state index contributed by atoms with van der Waals surface area (Å²) in [4.78, 5) is 73.0. The van der Waals surface area contributed by atoms with Crippen molar-refractivity contribution >= 4 is 39.5 Å². The number of hydrogen-bond donors (Lipinski definition) is 3. The first-order valence-corrected chi connectivity index (χ1v) is 43.4. The van der Waals surface area contributed by atoms with Crippen LogP contribution in [0.25, 0.3) is 0 Å². The van der Waals surface area contributed by atoms with Crippen LogP contribution in [0.2, 0.25) is 0 Å². The Morgan fingerprint density at radius 3 is 0.827 bits per heavy atom. The maximum absolute atomic E-state index is 13.1. The van der Waals surface area contributed by atoms with Gasteiger partial charge in [-0.25, -0.2) is 9.13 Å². The standard InChI is InChI=1S/C85H144O17P2/c1-5-9-13-17-21-25-29-32-35-37-39-41-44-46-50-53-57-61-65-69-82(87)95-75-80(101-84(89)71-67-63-59-55-49-28-24-20-16-12-8-4)77-99-103(91,92)97-73-79(86)74-98-104(93,94)100-78-81(102-85(90)72-68-64-60-56-52-48-43-34-31-27-23-19-15-11-7-3)76-96-83(88)70-66-62-58-54-51-47-45-42-40-38-36-33-30-26-22-18-14-10-6-2/h9-10,13-14,21-22,25-26,32-33,35-36,39-42,46-47,50-51,58,62,79-81,86H,5-8,11-12,15-20,23-24,27-31,34,37-38,43-45,48-49,52-57,59-61,63-78H2,1-4H3,(H,91,92)(H,93,94)/b13-9-,14-10-,25-21-,26-22-,35-32-,36-33-,41-39-,42-40-,50-46-,51-47-,62-58-. The molecule has 0 saturated carbocycles. The predicted octanol–water partition coefficient (Wildman–Crippen LogP) is 23.7. The van der Waals surface area contributed by atoms with Crippen LogP contribution < -0.4 is 0 Å². The van der Waals surface area contributed by atoms with Gasteiger partial charge >= 0.3 is 39.5 Å². The highest BCUT2D eigenvalue weighted by atomic mass is 31.2. The van der Waals surface area contributed by atoms with Crippen molar-refractivity contribution in [2.75, 3.05) is 39.6 Å². The van der Waals surface area contributed by atoms with Gasteiger partial charge in [0, 0.05) is 25.7 Å². The van der Waals surface area contributed by atoms with Crippen molar-refractivity contribution in [1.82, 2.24) is 0 Å². The normalized spacial score (nSPS) is 14.6. The number of aliphatic hydroxyl groups is 1. The van der Waals surface area contributed by atoms with Crippen LogP contribution in [-0.4, -0.2) is 96.7 Å². The zero-order valence-corrected chi connectivity index (χ0v) is 66.9. The fourth-order valence-corrected chi connectivity index (χ4v) is 12.1. The molecule has 0 saturated heterocycles. The zero-order valence-electron chi connectivity index (χ0n) is 65.2. The fraction of sp³-hybridized carbons (Fsp3) is 0.694. The first kappa shape index (κ1) is 99.2. The maximum Gasteiger partial charge on any atom is 0.472 e. The molecule has 5 atom stereocenters. The molecular formula is C85H144O17P2. The van der Waals surface area contributed by atoms with Gasteiger partial charge in [-0.2, -0.15) is 0 Å². The SMILES string of the molecule is CC/C=C\C/C=C\C/C=C\C/C=C\C/C=C\C/C=C\CCC(=O)OCC(COP(=O)(O)OCC(O)COP(=O)(O)OCC(COC(=O)CCCCC/C=C\C/C=C\C/C=C\C/C=C\C/C=C\CC)OC(=O)CCCCCCCCCCCCC)OC(=O)CCCCCCCCCCCCCCCCC. The molecule has 596 valence electrons. The highest BCUT2D eigenvalue weighted by molar-refractivity contribution is 7.47. The smallest absolute Gasteiger partial charge is 0.462 e. The van der Waals surface area contributed by atoms with E-state index in [0.29, 0.717) is 32.1 Å². The van der Waals surface area contributed by atoms with E-state index in [1.807, 2.05) is 18.2 Å². The number of phosphoric ester groups is 2. The van der Waals surface area contributed by atoms with E-state index in [9.17, 15) is 43.2 Å². The first-order valence-electron chi connectivity index (χ1n) is 40.4. The third-order valence-electron chi connectivity index (χ3n) is 16.7. The van der Waals surface area contributed by atoms with Gasteiger partial charge in [0.1, 0.15) is 19.3 Å². The second-order valence-corrected chi connectivity index (χ2v) is 29.5. The summed E-state index contributed by atoms with van der Waals surface area (Å²) in [6, 6.07) is 0. The molecule has 0 aromatic heterocycles. The summed E-state index contributed by atoms with van der Waals surface area (Å²) in [5.41, 5.74) is 0. The Morgan fingerprint density at radius 1 is 0.279 bits per heavy atom. The van der Waals surface area contributed by atoms with E-state index in [4.69, 9.17) is 37.0 Å². The highest BCUT2D eigenvalue weighted by Gasteiger charge is 2.30. The summed E-state index contributed by atoms with van der Waals surface area (Å²) in [5, 5.41) is 10.6. The lowest BCUT2D eigenvalue weighted by Gasteiger charge is -2.21. The molecule has 0 bridgehead atoms. The molecule has 0 aliphatic carbocycles. The molecule has 0 heterocycles. The van der Waals surface area contributed by atoms with E-state index in [2.05, 4.69) is 143 Å². The summed E-state index contributed by atoms with van der Waals surface area (Å²) < 4.78 is 68.5. The molecule has 0 rings (SSSR count). The van der Waals surface area contributed by atoms with E-state index < -0.39 is 97.5 Å². The number of carbonyl (C=O) groups is 4. The van der Waals surface area contributed by atoms with Crippen molar-refractivity contribution in [3.8, 4) is 0 Å². The van der Waals surface area contributed by atoms with Gasteiger partial charge < -0.3 is 33.8 Å². The van der Waals surface area contributed by atoms with Crippen LogP contribution in [0, 0.1) is 0 Å². The quantitative estimate of drug-likeness (QED) is 0.0169. The molecule has 5 unspecified atom stereocenters. The van der Waals surface area contributed by atoms with E-state index in [1.165, 1.54) is 103 Å². The van der Waals surface area contributed by atoms with Crippen LogP contribution >= 0.6 is 15.6 Å². The second-order valence-electron chi connectivity index (χ2n) is 26.6. The third kappa shape index (κ3) is 75.4. The molecule has 17 nitrogen and oxygen atoms in total. The van der Waals surface area contributed by atoms with E-state index >= 15 is 0 Å². The number of carbonyl (C=O) groups excluding carboxylic acids is 4. The van der Waals surface area contributed by atoms with E-state index in [0.717, 1.165) is 135 Å². The van der Waals surface area contributed by atoms with Crippen LogP contribution in [0.15, 0.2) is 134 Å². The lowest BCUT2D eigenvalue weighted by atomic mass is 10.0. The van der Waals surface area contributed by atoms with Crippen LogP contribution in [0.5, 0.6) is 0 Å². The van der Waals surface area contributed by atoms with Gasteiger partial charge in [-0.15, -0.1) is 0 Å². The molecule has 0 aliphatic heterocycles. The average Bonchev–Trinajstić information content (AvgIpc) is 0.929. The molecule has 0 radical (unpaired) electrons. The van der Waals surface area contributed by atoms with Crippen molar-refractivity contribution in [3.63, 3.8) is 0 Å². The van der Waals surface area contributed by atoms with Crippen LogP contribution in [0.3, 0.4) is 0 Å². The molecule has 0 fully saturated rings. The largest absolute Gasteiger partial charge is 0.472 e. The topological polar surface area (TPSA) is 237 Å². The number of ether oxygens (including phenoxy) is 4. The zero-order chi connectivity index (χ0) is 76.0. The number of aliphatic hydroxyl groups excluding tert-OH is 1. The van der Waals surface area contributed by atoms with Gasteiger partial charge in [-0.3, -0.25) is 37.3 Å². The second kappa shape index (κ2) is 76.4. The molecule has 3 N–H and O–H groups in total. The van der Waals surface area contributed by atoms with E-state index in [1.54, 1.807) is 0 Å². The summed E-state index contributed by atoms with van der Waals surface area (Å²) in [6.07, 6.45) is 85.9.